The highest BCUT2D eigenvalue weighted by Gasteiger charge is 2.29. The number of ether oxygens (including phenoxy) is 1. The number of benzene rings is 3. The first-order chi connectivity index (χ1) is 15.3. The van der Waals surface area contributed by atoms with Crippen molar-refractivity contribution in [2.45, 2.75) is 19.4 Å². The average Bonchev–Trinajstić information content (AvgIpc) is 3.15. The van der Waals surface area contributed by atoms with Gasteiger partial charge in [-0.25, -0.2) is 8.42 Å². The van der Waals surface area contributed by atoms with Gasteiger partial charge in [-0.1, -0.05) is 42.5 Å². The molecule has 0 spiro atoms. The zero-order valence-corrected chi connectivity index (χ0v) is 18.4. The van der Waals surface area contributed by atoms with Crippen molar-refractivity contribution >= 4 is 27.3 Å². The largest absolute Gasteiger partial charge is 0.506 e. The summed E-state index contributed by atoms with van der Waals surface area (Å²) < 4.78 is 31.4. The number of aromatic hydroxyl groups is 1. The van der Waals surface area contributed by atoms with Crippen LogP contribution in [0.4, 0.5) is 11.4 Å². The van der Waals surface area contributed by atoms with Crippen LogP contribution in [0.5, 0.6) is 11.5 Å². The van der Waals surface area contributed by atoms with Crippen molar-refractivity contribution in [2.24, 2.45) is 0 Å². The second-order valence-corrected chi connectivity index (χ2v) is 9.60. The number of hydrogen-bond acceptors (Lipinski definition) is 5. The van der Waals surface area contributed by atoms with Gasteiger partial charge in [0, 0.05) is 6.54 Å². The Morgan fingerprint density at radius 1 is 1.03 bits per heavy atom. The van der Waals surface area contributed by atoms with E-state index in [2.05, 4.69) is 5.32 Å². The monoisotopic (exact) mass is 452 g/mol. The Hall–Kier alpha value is -3.52. The average molecular weight is 453 g/mol. The first-order valence-corrected chi connectivity index (χ1v) is 11.9. The van der Waals surface area contributed by atoms with Gasteiger partial charge >= 0.3 is 0 Å². The summed E-state index contributed by atoms with van der Waals surface area (Å²) in [6, 6.07) is 21.7. The van der Waals surface area contributed by atoms with Gasteiger partial charge in [0.2, 0.25) is 10.0 Å². The first kappa shape index (κ1) is 21.7. The molecule has 3 aromatic carbocycles. The molecule has 1 amide bonds. The van der Waals surface area contributed by atoms with Crippen molar-refractivity contribution in [3.8, 4) is 22.6 Å². The van der Waals surface area contributed by atoms with Crippen LogP contribution < -0.4 is 14.4 Å². The van der Waals surface area contributed by atoms with Gasteiger partial charge in [-0.2, -0.15) is 0 Å². The molecular formula is C24H24N2O5S. The Morgan fingerprint density at radius 3 is 2.38 bits per heavy atom. The molecule has 3 aromatic rings. The maximum Gasteiger partial charge on any atom is 0.265 e. The van der Waals surface area contributed by atoms with E-state index in [0.717, 1.165) is 11.1 Å². The van der Waals surface area contributed by atoms with Crippen LogP contribution in [0.25, 0.3) is 11.1 Å². The molecule has 2 N–H and O–H groups in total. The molecule has 7 nitrogen and oxygen atoms in total. The van der Waals surface area contributed by atoms with Gasteiger partial charge in [-0.05, 0) is 54.8 Å². The number of carbonyl (C=O) groups excluding carboxylic acids is 1. The summed E-state index contributed by atoms with van der Waals surface area (Å²) in [5.41, 5.74) is 2.65. The lowest BCUT2D eigenvalue weighted by Crippen LogP contribution is -2.30. The van der Waals surface area contributed by atoms with Gasteiger partial charge in [0.05, 0.1) is 17.1 Å². The molecule has 4 rings (SSSR count). The Kier molecular flexibility index (Phi) is 6.05. The number of rotatable bonds is 6. The van der Waals surface area contributed by atoms with Crippen molar-refractivity contribution in [1.29, 1.82) is 0 Å². The maximum absolute atomic E-state index is 12.6. The smallest absolute Gasteiger partial charge is 0.265 e. The molecule has 166 valence electrons. The van der Waals surface area contributed by atoms with Crippen LogP contribution in [-0.2, 0) is 14.8 Å². The molecule has 1 unspecified atom stereocenters. The highest BCUT2D eigenvalue weighted by molar-refractivity contribution is 7.93. The third-order valence-corrected chi connectivity index (χ3v) is 7.14. The molecule has 8 heteroatoms. The van der Waals surface area contributed by atoms with E-state index in [1.807, 2.05) is 42.5 Å². The van der Waals surface area contributed by atoms with Gasteiger partial charge in [-0.3, -0.25) is 9.10 Å². The van der Waals surface area contributed by atoms with Crippen molar-refractivity contribution in [3.05, 3.63) is 72.8 Å². The molecular weight excluding hydrogens is 428 g/mol. The van der Waals surface area contributed by atoms with Crippen molar-refractivity contribution in [2.75, 3.05) is 21.9 Å². The zero-order valence-electron chi connectivity index (χ0n) is 17.6. The molecule has 1 saturated heterocycles. The summed E-state index contributed by atoms with van der Waals surface area (Å²) in [6.45, 7) is 1.98. The fourth-order valence-electron chi connectivity index (χ4n) is 3.56. The quantitative estimate of drug-likeness (QED) is 0.551. The second-order valence-electron chi connectivity index (χ2n) is 7.58. The number of phenolic OH excluding ortho intramolecular Hbond substituents is 1. The van der Waals surface area contributed by atoms with Crippen LogP contribution in [-0.4, -0.2) is 37.8 Å². The summed E-state index contributed by atoms with van der Waals surface area (Å²) in [7, 11) is -3.36. The summed E-state index contributed by atoms with van der Waals surface area (Å²) in [6.07, 6.45) is -0.296. The van der Waals surface area contributed by atoms with E-state index in [9.17, 15) is 18.3 Å². The Bertz CT molecular complexity index is 1210. The fourth-order valence-corrected chi connectivity index (χ4v) is 5.11. The highest BCUT2D eigenvalue weighted by Crippen LogP contribution is 2.32. The molecule has 1 aliphatic heterocycles. The van der Waals surface area contributed by atoms with E-state index in [-0.39, 0.29) is 17.2 Å². The standard InChI is InChI=1S/C24H24N2O5S/c1-17(31-21-11-8-19(9-12-21)18-6-3-2-4-7-18)24(28)25-22-16-20(10-13-23(22)27)26-14-5-15-32(26,29)30/h2-4,6-13,16-17,27H,5,14-15H2,1H3,(H,25,28). The van der Waals surface area contributed by atoms with Crippen LogP contribution in [0.3, 0.4) is 0 Å². The second kappa shape index (κ2) is 8.92. The van der Waals surface area contributed by atoms with Crippen molar-refractivity contribution in [3.63, 3.8) is 0 Å². The van der Waals surface area contributed by atoms with E-state index >= 15 is 0 Å². The van der Waals surface area contributed by atoms with Crippen LogP contribution >= 0.6 is 0 Å². The summed E-state index contributed by atoms with van der Waals surface area (Å²) in [5.74, 6) is 0.00388. The van der Waals surface area contributed by atoms with E-state index in [1.165, 1.54) is 22.5 Å². The molecule has 32 heavy (non-hydrogen) atoms. The van der Waals surface area contributed by atoms with Crippen LogP contribution in [0.2, 0.25) is 0 Å². The highest BCUT2D eigenvalue weighted by atomic mass is 32.2. The number of anilines is 2. The number of hydrogen-bond donors (Lipinski definition) is 2. The lowest BCUT2D eigenvalue weighted by atomic mass is 10.1. The number of nitrogens with zero attached hydrogens (tertiary/aromatic N) is 1. The maximum atomic E-state index is 12.6. The molecule has 1 fully saturated rings. The van der Waals surface area contributed by atoms with Gasteiger partial charge in [0.15, 0.2) is 6.10 Å². The molecule has 1 heterocycles. The molecule has 0 radical (unpaired) electrons. The van der Waals surface area contributed by atoms with Crippen LogP contribution in [0, 0.1) is 0 Å². The number of phenols is 1. The number of carbonyl (C=O) groups is 1. The lowest BCUT2D eigenvalue weighted by molar-refractivity contribution is -0.122. The predicted octanol–water partition coefficient (Wildman–Crippen LogP) is 4.01. The Labute approximate surface area is 187 Å². The van der Waals surface area contributed by atoms with Gasteiger partial charge in [0.25, 0.3) is 5.91 Å². The first-order valence-electron chi connectivity index (χ1n) is 10.3. The summed E-state index contributed by atoms with van der Waals surface area (Å²) >= 11 is 0. The van der Waals surface area contributed by atoms with Crippen molar-refractivity contribution in [1.82, 2.24) is 0 Å². The fraction of sp³-hybridized carbons (Fsp3) is 0.208. The topological polar surface area (TPSA) is 95.9 Å². The normalized spacial score (nSPS) is 15.8. The summed E-state index contributed by atoms with van der Waals surface area (Å²) in [5, 5.41) is 12.8. The molecule has 1 atom stereocenters. The van der Waals surface area contributed by atoms with E-state index in [4.69, 9.17) is 4.74 Å². The van der Waals surface area contributed by atoms with E-state index in [1.54, 1.807) is 19.1 Å². The van der Waals surface area contributed by atoms with Crippen LogP contribution in [0.15, 0.2) is 72.8 Å². The predicted molar refractivity (Wildman–Crippen MR) is 124 cm³/mol. The molecule has 1 aliphatic rings. The minimum Gasteiger partial charge on any atom is -0.506 e. The minimum absolute atomic E-state index is 0.0868. The Morgan fingerprint density at radius 2 is 1.72 bits per heavy atom. The number of nitrogens with one attached hydrogen (secondary N) is 1. The minimum atomic E-state index is -3.36. The molecule has 0 aliphatic carbocycles. The third kappa shape index (κ3) is 4.70. The number of sulfonamides is 1. The van der Waals surface area contributed by atoms with Gasteiger partial charge < -0.3 is 15.2 Å². The SMILES string of the molecule is CC(Oc1ccc(-c2ccccc2)cc1)C(=O)Nc1cc(N2CCCS2(=O)=O)ccc1O. The molecule has 0 bridgehead atoms. The van der Waals surface area contributed by atoms with E-state index in [0.29, 0.717) is 24.4 Å². The van der Waals surface area contributed by atoms with Gasteiger partial charge in [-0.15, -0.1) is 0 Å². The summed E-state index contributed by atoms with van der Waals surface area (Å²) in [4.78, 5) is 12.6. The van der Waals surface area contributed by atoms with E-state index < -0.39 is 22.0 Å². The molecule has 0 aromatic heterocycles. The molecule has 0 saturated carbocycles. The Balaban J connectivity index is 1.43. The van der Waals surface area contributed by atoms with Crippen LogP contribution in [0.1, 0.15) is 13.3 Å². The van der Waals surface area contributed by atoms with Gasteiger partial charge in [0.1, 0.15) is 11.5 Å². The third-order valence-electron chi connectivity index (χ3n) is 5.27. The zero-order chi connectivity index (χ0) is 22.7. The number of amides is 1. The lowest BCUT2D eigenvalue weighted by Gasteiger charge is -2.19. The van der Waals surface area contributed by atoms with Crippen molar-refractivity contribution < 1.29 is 23.1 Å².